The van der Waals surface area contributed by atoms with Crippen molar-refractivity contribution in [1.82, 2.24) is 10.6 Å². The first-order chi connectivity index (χ1) is 7.22. The van der Waals surface area contributed by atoms with Crippen molar-refractivity contribution >= 4 is 11.9 Å². The Morgan fingerprint density at radius 2 is 1.87 bits per heavy atom. The Kier molecular flexibility index (Phi) is 4.30. The molecule has 0 unspecified atom stereocenters. The molecule has 15 heavy (non-hydrogen) atoms. The van der Waals surface area contributed by atoms with Gasteiger partial charge in [0, 0.05) is 6.54 Å². The first-order valence-electron chi connectivity index (χ1n) is 4.54. The molecule has 0 atom stereocenters. The average Bonchev–Trinajstić information content (AvgIpc) is 2.27. The van der Waals surface area contributed by atoms with E-state index in [4.69, 9.17) is 5.73 Å². The molecule has 1 aromatic carbocycles. The monoisotopic (exact) mass is 207 g/mol. The Bertz CT molecular complexity index is 338. The van der Waals surface area contributed by atoms with Gasteiger partial charge in [-0.05, 0) is 5.56 Å². The van der Waals surface area contributed by atoms with Crippen LogP contribution in [-0.2, 0) is 11.3 Å². The Balaban J connectivity index is 2.32. The number of amides is 3. The highest BCUT2D eigenvalue weighted by Crippen LogP contribution is 1.96. The van der Waals surface area contributed by atoms with Gasteiger partial charge in [0.05, 0.1) is 6.54 Å². The van der Waals surface area contributed by atoms with Crippen LogP contribution in [-0.4, -0.2) is 18.5 Å². The normalized spacial score (nSPS) is 9.40. The van der Waals surface area contributed by atoms with E-state index in [-0.39, 0.29) is 6.54 Å². The van der Waals surface area contributed by atoms with E-state index in [1.165, 1.54) is 0 Å². The summed E-state index contributed by atoms with van der Waals surface area (Å²) in [5.74, 6) is -0.499. The molecule has 0 aliphatic carbocycles. The first-order valence-corrected chi connectivity index (χ1v) is 4.54. The Morgan fingerprint density at radius 3 is 2.47 bits per heavy atom. The van der Waals surface area contributed by atoms with Crippen LogP contribution < -0.4 is 16.4 Å². The Morgan fingerprint density at radius 1 is 1.20 bits per heavy atom. The van der Waals surface area contributed by atoms with Crippen molar-refractivity contribution in [3.8, 4) is 0 Å². The highest BCUT2D eigenvalue weighted by atomic mass is 16.2. The minimum absolute atomic E-state index is 0.196. The van der Waals surface area contributed by atoms with Gasteiger partial charge in [-0.1, -0.05) is 30.3 Å². The van der Waals surface area contributed by atoms with Crippen molar-refractivity contribution in [2.75, 3.05) is 6.54 Å². The zero-order chi connectivity index (χ0) is 11.1. The first kappa shape index (κ1) is 11.2. The molecule has 1 aromatic rings. The highest BCUT2D eigenvalue weighted by Gasteiger charge is 2.04. The summed E-state index contributed by atoms with van der Waals surface area (Å²) in [5, 5.41) is 4.62. The number of carbonyl (C=O) groups excluding carboxylic acids is 2. The van der Waals surface area contributed by atoms with Gasteiger partial charge in [0.2, 0.25) is 5.91 Å². The fourth-order valence-electron chi connectivity index (χ4n) is 1.00. The molecule has 0 saturated carbocycles. The van der Waals surface area contributed by atoms with Gasteiger partial charge in [-0.15, -0.1) is 0 Å². The SMILES string of the molecule is NCC(=O)NC(=O)NCc1ccccc1. The third-order valence-electron chi connectivity index (χ3n) is 1.73. The molecule has 0 aromatic heterocycles. The van der Waals surface area contributed by atoms with Crippen LogP contribution in [0.4, 0.5) is 4.79 Å². The molecule has 0 heterocycles. The largest absolute Gasteiger partial charge is 0.334 e. The van der Waals surface area contributed by atoms with Crippen LogP contribution in [0.15, 0.2) is 30.3 Å². The summed E-state index contributed by atoms with van der Waals surface area (Å²) < 4.78 is 0. The third kappa shape index (κ3) is 4.24. The molecule has 80 valence electrons. The summed E-state index contributed by atoms with van der Waals surface area (Å²) in [7, 11) is 0. The number of urea groups is 1. The van der Waals surface area contributed by atoms with Crippen molar-refractivity contribution in [3.63, 3.8) is 0 Å². The maximum absolute atomic E-state index is 11.1. The summed E-state index contributed by atoms with van der Waals surface area (Å²) in [6.45, 7) is 0.184. The van der Waals surface area contributed by atoms with Crippen LogP contribution in [0.25, 0.3) is 0 Å². The van der Waals surface area contributed by atoms with Crippen LogP contribution in [0, 0.1) is 0 Å². The van der Waals surface area contributed by atoms with E-state index in [1.807, 2.05) is 30.3 Å². The lowest BCUT2D eigenvalue weighted by Gasteiger charge is -2.05. The Hall–Kier alpha value is -1.88. The van der Waals surface area contributed by atoms with E-state index >= 15 is 0 Å². The standard InChI is InChI=1S/C10H13N3O2/c11-6-9(14)13-10(15)12-7-8-4-2-1-3-5-8/h1-5H,6-7,11H2,(H2,12,13,14,15). The summed E-state index contributed by atoms with van der Waals surface area (Å²) >= 11 is 0. The molecule has 3 amide bonds. The molecule has 0 radical (unpaired) electrons. The molecular formula is C10H13N3O2. The smallest absolute Gasteiger partial charge is 0.321 e. The third-order valence-corrected chi connectivity index (χ3v) is 1.73. The predicted octanol–water partition coefficient (Wildman–Crippen LogP) is -0.0289. The predicted molar refractivity (Wildman–Crippen MR) is 55.9 cm³/mol. The molecule has 0 bridgehead atoms. The molecule has 0 saturated heterocycles. The van der Waals surface area contributed by atoms with Crippen LogP contribution in [0.1, 0.15) is 5.56 Å². The van der Waals surface area contributed by atoms with E-state index < -0.39 is 11.9 Å². The molecule has 1 rings (SSSR count). The second kappa shape index (κ2) is 5.77. The van der Waals surface area contributed by atoms with Crippen LogP contribution >= 0.6 is 0 Å². The molecular weight excluding hydrogens is 194 g/mol. The minimum atomic E-state index is -0.533. The van der Waals surface area contributed by atoms with Crippen molar-refractivity contribution in [2.45, 2.75) is 6.54 Å². The number of benzene rings is 1. The number of hydrogen-bond donors (Lipinski definition) is 3. The second-order valence-electron chi connectivity index (χ2n) is 2.92. The zero-order valence-corrected chi connectivity index (χ0v) is 8.19. The van der Waals surface area contributed by atoms with Crippen molar-refractivity contribution in [2.24, 2.45) is 5.73 Å². The maximum atomic E-state index is 11.1. The van der Waals surface area contributed by atoms with Gasteiger partial charge in [-0.3, -0.25) is 10.1 Å². The Labute approximate surface area is 87.7 Å². The number of hydrogen-bond acceptors (Lipinski definition) is 3. The fourth-order valence-corrected chi connectivity index (χ4v) is 1.00. The summed E-state index contributed by atoms with van der Waals surface area (Å²) in [6.07, 6.45) is 0. The van der Waals surface area contributed by atoms with Gasteiger partial charge in [0.25, 0.3) is 0 Å². The van der Waals surface area contributed by atoms with E-state index in [2.05, 4.69) is 10.6 Å². The van der Waals surface area contributed by atoms with Crippen molar-refractivity contribution in [1.29, 1.82) is 0 Å². The lowest BCUT2D eigenvalue weighted by atomic mass is 10.2. The number of imide groups is 1. The van der Waals surface area contributed by atoms with E-state index in [1.54, 1.807) is 0 Å². The van der Waals surface area contributed by atoms with Crippen LogP contribution in [0.2, 0.25) is 0 Å². The maximum Gasteiger partial charge on any atom is 0.321 e. The van der Waals surface area contributed by atoms with Gasteiger partial charge in [-0.2, -0.15) is 0 Å². The van der Waals surface area contributed by atoms with Crippen LogP contribution in [0.3, 0.4) is 0 Å². The van der Waals surface area contributed by atoms with Crippen molar-refractivity contribution < 1.29 is 9.59 Å². The van der Waals surface area contributed by atoms with Gasteiger partial charge < -0.3 is 11.1 Å². The van der Waals surface area contributed by atoms with E-state index in [0.29, 0.717) is 6.54 Å². The zero-order valence-electron chi connectivity index (χ0n) is 8.19. The number of nitrogens with two attached hydrogens (primary N) is 1. The molecule has 5 heteroatoms. The fraction of sp³-hybridized carbons (Fsp3) is 0.200. The average molecular weight is 207 g/mol. The molecule has 5 nitrogen and oxygen atoms in total. The van der Waals surface area contributed by atoms with E-state index in [0.717, 1.165) is 5.56 Å². The second-order valence-corrected chi connectivity index (χ2v) is 2.92. The minimum Gasteiger partial charge on any atom is -0.334 e. The van der Waals surface area contributed by atoms with Gasteiger partial charge in [0.15, 0.2) is 0 Å². The van der Waals surface area contributed by atoms with Crippen molar-refractivity contribution in [3.05, 3.63) is 35.9 Å². The molecule has 0 aliphatic rings. The van der Waals surface area contributed by atoms with Gasteiger partial charge in [-0.25, -0.2) is 4.79 Å². The molecule has 0 spiro atoms. The van der Waals surface area contributed by atoms with Crippen LogP contribution in [0.5, 0.6) is 0 Å². The quantitative estimate of drug-likeness (QED) is 0.650. The van der Waals surface area contributed by atoms with E-state index in [9.17, 15) is 9.59 Å². The molecule has 4 N–H and O–H groups in total. The van der Waals surface area contributed by atoms with Gasteiger partial charge in [0.1, 0.15) is 0 Å². The molecule has 0 aliphatic heterocycles. The number of rotatable bonds is 3. The topological polar surface area (TPSA) is 84.2 Å². The number of nitrogens with one attached hydrogen (secondary N) is 2. The summed E-state index contributed by atoms with van der Waals surface area (Å²) in [6, 6.07) is 8.87. The van der Waals surface area contributed by atoms with Gasteiger partial charge >= 0.3 is 6.03 Å². The number of carbonyl (C=O) groups is 2. The molecule has 0 fully saturated rings. The highest BCUT2D eigenvalue weighted by molar-refractivity contribution is 5.95. The lowest BCUT2D eigenvalue weighted by molar-refractivity contribution is -0.118. The lowest BCUT2D eigenvalue weighted by Crippen LogP contribution is -2.41. The summed E-state index contributed by atoms with van der Waals surface area (Å²) in [4.78, 5) is 21.8. The summed E-state index contributed by atoms with van der Waals surface area (Å²) in [5.41, 5.74) is 6.00.